The van der Waals surface area contributed by atoms with Gasteiger partial charge in [0.1, 0.15) is 11.5 Å². The second-order valence-corrected chi connectivity index (χ2v) is 8.85. The number of hydrogen-bond acceptors (Lipinski definition) is 3. The lowest BCUT2D eigenvalue weighted by molar-refractivity contribution is 0.193. The first kappa shape index (κ1) is 22.2. The van der Waals surface area contributed by atoms with Gasteiger partial charge >= 0.3 is 6.03 Å². The van der Waals surface area contributed by atoms with Crippen molar-refractivity contribution in [3.05, 3.63) is 88.1 Å². The normalized spacial score (nSPS) is 15.2. The number of methoxy groups -OCH3 is 2. The summed E-state index contributed by atoms with van der Waals surface area (Å²) in [6, 6.07) is 19.0. The number of rotatable bonds is 4. The van der Waals surface area contributed by atoms with Crippen LogP contribution in [0.5, 0.6) is 11.5 Å². The van der Waals surface area contributed by atoms with Gasteiger partial charge in [0.25, 0.3) is 0 Å². The lowest BCUT2D eigenvalue weighted by atomic mass is 9.92. The number of halogens is 1. The molecule has 2 amide bonds. The monoisotopic (exact) mass is 475 g/mol. The van der Waals surface area contributed by atoms with Crippen LogP contribution in [-0.4, -0.2) is 36.7 Å². The Morgan fingerprint density at radius 1 is 1.03 bits per heavy atom. The molecule has 1 aliphatic rings. The van der Waals surface area contributed by atoms with Gasteiger partial charge in [0, 0.05) is 33.9 Å². The van der Waals surface area contributed by atoms with Gasteiger partial charge in [-0.05, 0) is 72.5 Å². The summed E-state index contributed by atoms with van der Waals surface area (Å²) in [4.78, 5) is 19.0. The van der Waals surface area contributed by atoms with E-state index in [9.17, 15) is 4.79 Å². The SMILES string of the molecule is COc1ccc([C@H]2c3[nH]c4ccc(OC)cc4c3CCN2C(=O)Nc2ccc(C)c(Cl)c2)cc1. The highest BCUT2D eigenvalue weighted by Gasteiger charge is 2.34. The molecule has 0 fully saturated rings. The fraction of sp³-hybridized carbons (Fsp3) is 0.222. The van der Waals surface area contributed by atoms with Crippen LogP contribution in [0.2, 0.25) is 5.02 Å². The topological polar surface area (TPSA) is 66.6 Å². The summed E-state index contributed by atoms with van der Waals surface area (Å²) in [5.41, 5.74) is 5.87. The quantitative estimate of drug-likeness (QED) is 0.362. The van der Waals surface area contributed by atoms with E-state index in [0.29, 0.717) is 17.3 Å². The Morgan fingerprint density at radius 2 is 1.76 bits per heavy atom. The molecule has 4 aromatic rings. The Kier molecular flexibility index (Phi) is 5.84. The van der Waals surface area contributed by atoms with Crippen LogP contribution in [0.1, 0.15) is 28.4 Å². The second-order valence-electron chi connectivity index (χ2n) is 8.44. The first-order valence-corrected chi connectivity index (χ1v) is 11.5. The van der Waals surface area contributed by atoms with Crippen molar-refractivity contribution in [3.8, 4) is 11.5 Å². The summed E-state index contributed by atoms with van der Waals surface area (Å²) in [6.45, 7) is 2.50. The van der Waals surface area contributed by atoms with E-state index in [4.69, 9.17) is 21.1 Å². The van der Waals surface area contributed by atoms with Crippen molar-refractivity contribution in [2.45, 2.75) is 19.4 Å². The van der Waals surface area contributed by atoms with E-state index in [1.807, 2.05) is 60.4 Å². The lowest BCUT2D eigenvalue weighted by Gasteiger charge is -2.36. The van der Waals surface area contributed by atoms with Gasteiger partial charge in [-0.25, -0.2) is 4.79 Å². The van der Waals surface area contributed by atoms with Crippen molar-refractivity contribution in [3.63, 3.8) is 0 Å². The Bertz CT molecular complexity index is 1360. The predicted molar refractivity (Wildman–Crippen MR) is 135 cm³/mol. The molecule has 5 rings (SSSR count). The molecule has 34 heavy (non-hydrogen) atoms. The molecule has 0 unspecified atom stereocenters. The average Bonchev–Trinajstić information content (AvgIpc) is 3.23. The highest BCUT2D eigenvalue weighted by atomic mass is 35.5. The number of benzene rings is 3. The summed E-state index contributed by atoms with van der Waals surface area (Å²) in [7, 11) is 3.31. The fourth-order valence-electron chi connectivity index (χ4n) is 4.61. The van der Waals surface area contributed by atoms with Crippen LogP contribution in [0.3, 0.4) is 0 Å². The van der Waals surface area contributed by atoms with Crippen LogP contribution >= 0.6 is 11.6 Å². The number of urea groups is 1. The second kappa shape index (κ2) is 8.95. The summed E-state index contributed by atoms with van der Waals surface area (Å²) < 4.78 is 10.8. The summed E-state index contributed by atoms with van der Waals surface area (Å²) >= 11 is 6.28. The molecular weight excluding hydrogens is 450 g/mol. The summed E-state index contributed by atoms with van der Waals surface area (Å²) in [6.07, 6.45) is 0.733. The number of aromatic nitrogens is 1. The first-order chi connectivity index (χ1) is 16.5. The molecular formula is C27H26ClN3O3. The van der Waals surface area contributed by atoms with Gasteiger partial charge in [0.15, 0.2) is 0 Å². The van der Waals surface area contributed by atoms with E-state index < -0.39 is 0 Å². The van der Waals surface area contributed by atoms with E-state index in [1.165, 1.54) is 5.56 Å². The van der Waals surface area contributed by atoms with Crippen molar-refractivity contribution in [2.75, 3.05) is 26.1 Å². The largest absolute Gasteiger partial charge is 0.497 e. The van der Waals surface area contributed by atoms with Crippen molar-refractivity contribution in [2.24, 2.45) is 0 Å². The van der Waals surface area contributed by atoms with Crippen LogP contribution in [0.15, 0.2) is 60.7 Å². The number of carbonyl (C=O) groups is 1. The number of amides is 2. The number of anilines is 1. The molecule has 0 saturated heterocycles. The van der Waals surface area contributed by atoms with Gasteiger partial charge in [0.05, 0.1) is 20.3 Å². The third-order valence-electron chi connectivity index (χ3n) is 6.45. The van der Waals surface area contributed by atoms with E-state index >= 15 is 0 Å². The van der Waals surface area contributed by atoms with E-state index in [-0.39, 0.29) is 12.1 Å². The fourth-order valence-corrected chi connectivity index (χ4v) is 4.79. The molecule has 2 N–H and O–H groups in total. The minimum atomic E-state index is -0.283. The van der Waals surface area contributed by atoms with Gasteiger partial charge in [0.2, 0.25) is 0 Å². The zero-order chi connectivity index (χ0) is 23.8. The predicted octanol–water partition coefficient (Wildman–Crippen LogP) is 6.33. The molecule has 0 aliphatic carbocycles. The number of aryl methyl sites for hydroxylation is 1. The van der Waals surface area contributed by atoms with Crippen LogP contribution in [0, 0.1) is 6.92 Å². The molecule has 3 aromatic carbocycles. The number of nitrogens with zero attached hydrogens (tertiary/aromatic N) is 1. The summed E-state index contributed by atoms with van der Waals surface area (Å²) in [5.74, 6) is 1.58. The van der Waals surface area contributed by atoms with Crippen LogP contribution < -0.4 is 14.8 Å². The molecule has 1 aliphatic heterocycles. The summed E-state index contributed by atoms with van der Waals surface area (Å²) in [5, 5.41) is 4.77. The smallest absolute Gasteiger partial charge is 0.322 e. The number of hydrogen-bond donors (Lipinski definition) is 2. The third kappa shape index (κ3) is 3.94. The maximum Gasteiger partial charge on any atom is 0.322 e. The van der Waals surface area contributed by atoms with Crippen molar-refractivity contribution in [1.29, 1.82) is 0 Å². The minimum absolute atomic E-state index is 0.178. The molecule has 1 aromatic heterocycles. The molecule has 7 heteroatoms. The zero-order valence-corrected chi connectivity index (χ0v) is 20.1. The highest BCUT2D eigenvalue weighted by molar-refractivity contribution is 6.31. The van der Waals surface area contributed by atoms with Crippen molar-refractivity contribution >= 4 is 34.2 Å². The van der Waals surface area contributed by atoms with Gasteiger partial charge < -0.3 is 24.7 Å². The Balaban J connectivity index is 1.57. The van der Waals surface area contributed by atoms with Gasteiger partial charge in [-0.3, -0.25) is 0 Å². The number of ether oxygens (including phenoxy) is 2. The maximum atomic E-state index is 13.5. The molecule has 6 nitrogen and oxygen atoms in total. The van der Waals surface area contributed by atoms with Crippen LogP contribution in [0.4, 0.5) is 10.5 Å². The standard InChI is InChI=1S/C27H26ClN3O3/c1-16-4-7-18(14-23(16)28)29-27(32)31-13-12-21-22-15-20(34-3)10-11-24(22)30-25(21)26(31)17-5-8-19(33-2)9-6-17/h4-11,14-15,26,30H,12-13H2,1-3H3,(H,29,32)/t26-/m0/s1. The molecule has 0 radical (unpaired) electrons. The number of carbonyl (C=O) groups excluding carboxylic acids is 1. The molecule has 1 atom stereocenters. The van der Waals surface area contributed by atoms with Gasteiger partial charge in [-0.15, -0.1) is 0 Å². The number of H-pyrrole nitrogens is 1. The van der Waals surface area contributed by atoms with Crippen LogP contribution in [-0.2, 0) is 6.42 Å². The Labute approximate surface area is 203 Å². The van der Waals surface area contributed by atoms with E-state index in [2.05, 4.69) is 16.4 Å². The van der Waals surface area contributed by atoms with Crippen molar-refractivity contribution in [1.82, 2.24) is 9.88 Å². The average molecular weight is 476 g/mol. The Hall–Kier alpha value is -3.64. The molecule has 0 bridgehead atoms. The maximum absolute atomic E-state index is 13.5. The highest BCUT2D eigenvalue weighted by Crippen LogP contribution is 2.40. The Morgan fingerprint density at radius 3 is 2.47 bits per heavy atom. The number of fused-ring (bicyclic) bond motifs is 3. The first-order valence-electron chi connectivity index (χ1n) is 11.1. The molecule has 0 spiro atoms. The minimum Gasteiger partial charge on any atom is -0.497 e. The van der Waals surface area contributed by atoms with Gasteiger partial charge in [-0.1, -0.05) is 29.8 Å². The van der Waals surface area contributed by atoms with Gasteiger partial charge in [-0.2, -0.15) is 0 Å². The van der Waals surface area contributed by atoms with Crippen molar-refractivity contribution < 1.29 is 14.3 Å². The number of nitrogens with one attached hydrogen (secondary N) is 2. The third-order valence-corrected chi connectivity index (χ3v) is 6.86. The molecule has 2 heterocycles. The zero-order valence-electron chi connectivity index (χ0n) is 19.3. The lowest BCUT2D eigenvalue weighted by Crippen LogP contribution is -2.43. The van der Waals surface area contributed by atoms with E-state index in [1.54, 1.807) is 20.3 Å². The number of aromatic amines is 1. The molecule has 0 saturated carbocycles. The van der Waals surface area contributed by atoms with E-state index in [0.717, 1.165) is 45.6 Å². The molecule has 174 valence electrons. The van der Waals surface area contributed by atoms with Crippen LogP contribution in [0.25, 0.3) is 10.9 Å².